The number of benzene rings is 2. The Morgan fingerprint density at radius 3 is 2.11 bits per heavy atom. The first kappa shape index (κ1) is 14.1. The Bertz CT molecular complexity index is 608. The minimum absolute atomic E-state index is 0.0136. The smallest absolute Gasteiger partial charge is 0.269 e. The summed E-state index contributed by atoms with van der Waals surface area (Å²) in [5.74, 6) is 0.720. The van der Waals surface area contributed by atoms with Crippen molar-refractivity contribution >= 4 is 44.8 Å². The number of hydrogen-bond donors (Lipinski definition) is 0. The zero-order valence-electron chi connectivity index (χ0n) is 9.27. The number of nitrogens with zero attached hydrogens (tertiary/aromatic N) is 1. The quantitative estimate of drug-likeness (QED) is 0.538. The summed E-state index contributed by atoms with van der Waals surface area (Å²) in [6, 6.07) is 8.94. The van der Waals surface area contributed by atoms with Crippen molar-refractivity contribution in [3.05, 3.63) is 61.0 Å². The third-order valence-electron chi connectivity index (χ3n) is 2.23. The highest BCUT2D eigenvalue weighted by molar-refractivity contribution is 9.10. The first-order valence-corrected chi connectivity index (χ1v) is 6.59. The van der Waals surface area contributed by atoms with Crippen molar-refractivity contribution in [3.63, 3.8) is 0 Å². The summed E-state index contributed by atoms with van der Waals surface area (Å²) in [7, 11) is 0. The molecule has 2 aromatic rings. The molecule has 0 aliphatic rings. The largest absolute Gasteiger partial charge is 0.454 e. The monoisotopic (exact) mass is 361 g/mol. The Labute approximate surface area is 127 Å². The number of rotatable bonds is 3. The van der Waals surface area contributed by atoms with Crippen molar-refractivity contribution in [3.8, 4) is 11.5 Å². The molecule has 2 rings (SSSR count). The summed E-state index contributed by atoms with van der Waals surface area (Å²) in [4.78, 5) is 10.1. The number of nitro benzene ring substituents is 1. The summed E-state index contributed by atoms with van der Waals surface area (Å²) in [5, 5.41) is 11.2. The zero-order valence-corrected chi connectivity index (χ0v) is 12.4. The highest BCUT2D eigenvalue weighted by Gasteiger charge is 2.11. The molecule has 0 atom stereocenters. The van der Waals surface area contributed by atoms with Crippen molar-refractivity contribution in [2.24, 2.45) is 0 Å². The van der Waals surface area contributed by atoms with E-state index in [1.807, 2.05) is 0 Å². The van der Waals surface area contributed by atoms with E-state index in [0.29, 0.717) is 21.5 Å². The molecule has 0 saturated carbocycles. The molecule has 0 unspecified atom stereocenters. The minimum atomic E-state index is -0.483. The molecule has 0 aromatic heterocycles. The van der Waals surface area contributed by atoms with Crippen LogP contribution < -0.4 is 4.74 Å². The summed E-state index contributed by atoms with van der Waals surface area (Å²) >= 11 is 15.3. The Morgan fingerprint density at radius 1 is 1.11 bits per heavy atom. The number of hydrogen-bond acceptors (Lipinski definition) is 3. The molecule has 2 aromatic carbocycles. The molecule has 7 heteroatoms. The molecule has 0 N–H and O–H groups in total. The van der Waals surface area contributed by atoms with Crippen molar-refractivity contribution < 1.29 is 9.66 Å². The van der Waals surface area contributed by atoms with Gasteiger partial charge in [-0.1, -0.05) is 39.1 Å². The van der Waals surface area contributed by atoms with E-state index in [4.69, 9.17) is 27.9 Å². The van der Waals surface area contributed by atoms with E-state index in [-0.39, 0.29) is 5.69 Å². The number of halogens is 3. The van der Waals surface area contributed by atoms with E-state index < -0.39 is 4.92 Å². The van der Waals surface area contributed by atoms with Gasteiger partial charge in [0.15, 0.2) is 5.75 Å². The maximum absolute atomic E-state index is 10.5. The van der Waals surface area contributed by atoms with Crippen LogP contribution in [0.5, 0.6) is 11.5 Å². The molecule has 0 aliphatic carbocycles. The summed E-state index contributed by atoms with van der Waals surface area (Å²) in [5.41, 5.74) is -0.0136. The van der Waals surface area contributed by atoms with Crippen LogP contribution in [-0.4, -0.2) is 4.92 Å². The number of ether oxygens (including phenoxy) is 1. The van der Waals surface area contributed by atoms with E-state index in [0.717, 1.165) is 4.47 Å². The lowest BCUT2D eigenvalue weighted by molar-refractivity contribution is -0.384. The fraction of sp³-hybridized carbons (Fsp3) is 0. The van der Waals surface area contributed by atoms with Gasteiger partial charge in [-0.2, -0.15) is 0 Å². The zero-order chi connectivity index (χ0) is 14.0. The van der Waals surface area contributed by atoms with Crippen LogP contribution in [0.1, 0.15) is 0 Å². The third kappa shape index (κ3) is 3.37. The molecule has 19 heavy (non-hydrogen) atoms. The van der Waals surface area contributed by atoms with E-state index in [1.165, 1.54) is 24.3 Å². The highest BCUT2D eigenvalue weighted by atomic mass is 79.9. The van der Waals surface area contributed by atoms with Gasteiger partial charge in [0, 0.05) is 16.6 Å². The first-order valence-electron chi connectivity index (χ1n) is 5.04. The van der Waals surface area contributed by atoms with Gasteiger partial charge in [-0.05, 0) is 24.3 Å². The van der Waals surface area contributed by atoms with Gasteiger partial charge in [0.2, 0.25) is 0 Å². The standard InChI is InChI=1S/C12H6BrCl2NO3/c13-7-5-10(14)12(11(15)6-7)19-9-3-1-8(2-4-9)16(17)18/h1-6H. The molecule has 0 radical (unpaired) electrons. The van der Waals surface area contributed by atoms with Crippen LogP contribution in [0.3, 0.4) is 0 Å². The molecule has 98 valence electrons. The first-order chi connectivity index (χ1) is 8.97. The van der Waals surface area contributed by atoms with Crippen molar-refractivity contribution in [1.82, 2.24) is 0 Å². The maximum atomic E-state index is 10.5. The van der Waals surface area contributed by atoms with E-state index in [1.54, 1.807) is 12.1 Å². The molecule has 0 fully saturated rings. The Kier molecular flexibility index (Phi) is 4.29. The van der Waals surface area contributed by atoms with Gasteiger partial charge in [-0.15, -0.1) is 0 Å². The van der Waals surface area contributed by atoms with Crippen LogP contribution in [0.15, 0.2) is 40.9 Å². The fourth-order valence-electron chi connectivity index (χ4n) is 1.38. The van der Waals surface area contributed by atoms with E-state index in [2.05, 4.69) is 15.9 Å². The fourth-order valence-corrected chi connectivity index (χ4v) is 2.67. The summed E-state index contributed by atoms with van der Waals surface area (Å²) in [6.45, 7) is 0. The molecule has 0 bridgehead atoms. The molecule has 0 aliphatic heterocycles. The van der Waals surface area contributed by atoms with Crippen LogP contribution >= 0.6 is 39.1 Å². The van der Waals surface area contributed by atoms with Gasteiger partial charge in [-0.3, -0.25) is 10.1 Å². The summed E-state index contributed by atoms with van der Waals surface area (Å²) in [6.07, 6.45) is 0. The average Bonchev–Trinajstić information content (AvgIpc) is 2.34. The average molecular weight is 363 g/mol. The van der Waals surface area contributed by atoms with Gasteiger partial charge < -0.3 is 4.74 Å². The van der Waals surface area contributed by atoms with Crippen LogP contribution in [0.25, 0.3) is 0 Å². The van der Waals surface area contributed by atoms with Crippen LogP contribution in [0, 0.1) is 10.1 Å². The van der Waals surface area contributed by atoms with Crippen LogP contribution in [0.4, 0.5) is 5.69 Å². The Balaban J connectivity index is 2.29. The van der Waals surface area contributed by atoms with E-state index in [9.17, 15) is 10.1 Å². The van der Waals surface area contributed by atoms with Crippen LogP contribution in [-0.2, 0) is 0 Å². The normalized spacial score (nSPS) is 10.3. The predicted molar refractivity (Wildman–Crippen MR) is 77.3 cm³/mol. The molecule has 0 saturated heterocycles. The minimum Gasteiger partial charge on any atom is -0.454 e. The van der Waals surface area contributed by atoms with Crippen LogP contribution in [0.2, 0.25) is 10.0 Å². The second-order valence-electron chi connectivity index (χ2n) is 3.55. The lowest BCUT2D eigenvalue weighted by atomic mass is 10.3. The topological polar surface area (TPSA) is 52.4 Å². The predicted octanol–water partition coefficient (Wildman–Crippen LogP) is 5.46. The van der Waals surface area contributed by atoms with Crippen molar-refractivity contribution in [2.75, 3.05) is 0 Å². The Hall–Kier alpha value is -1.30. The Morgan fingerprint density at radius 2 is 1.63 bits per heavy atom. The molecular formula is C12H6BrCl2NO3. The van der Waals surface area contributed by atoms with Gasteiger partial charge in [-0.25, -0.2) is 0 Å². The van der Waals surface area contributed by atoms with Gasteiger partial charge >= 0.3 is 0 Å². The maximum Gasteiger partial charge on any atom is 0.269 e. The van der Waals surface area contributed by atoms with Gasteiger partial charge in [0.25, 0.3) is 5.69 Å². The van der Waals surface area contributed by atoms with Gasteiger partial charge in [0.05, 0.1) is 15.0 Å². The van der Waals surface area contributed by atoms with E-state index >= 15 is 0 Å². The molecule has 0 amide bonds. The third-order valence-corrected chi connectivity index (χ3v) is 3.25. The second-order valence-corrected chi connectivity index (χ2v) is 5.28. The van der Waals surface area contributed by atoms with Crippen molar-refractivity contribution in [2.45, 2.75) is 0 Å². The molecular weight excluding hydrogens is 357 g/mol. The molecule has 4 nitrogen and oxygen atoms in total. The number of nitro groups is 1. The lowest BCUT2D eigenvalue weighted by Gasteiger charge is -2.09. The number of non-ortho nitro benzene ring substituents is 1. The lowest BCUT2D eigenvalue weighted by Crippen LogP contribution is -1.89. The summed E-state index contributed by atoms with van der Waals surface area (Å²) < 4.78 is 6.26. The SMILES string of the molecule is O=[N+]([O-])c1ccc(Oc2c(Cl)cc(Br)cc2Cl)cc1. The molecule has 0 spiro atoms. The highest BCUT2D eigenvalue weighted by Crippen LogP contribution is 2.38. The second kappa shape index (κ2) is 5.77. The van der Waals surface area contributed by atoms with Crippen molar-refractivity contribution in [1.29, 1.82) is 0 Å². The molecule has 0 heterocycles. The van der Waals surface area contributed by atoms with Gasteiger partial charge in [0.1, 0.15) is 5.75 Å².